The number of hydrogen-bond acceptors (Lipinski definition) is 7. The van der Waals surface area contributed by atoms with E-state index in [2.05, 4.69) is 50.0 Å². The molecular weight excluding hydrogens is 529 g/mol. The Morgan fingerprint density at radius 3 is 2.38 bits per heavy atom. The number of likely N-dealkylation sites (N-methyl/N-ethyl adjacent to an activating group) is 1. The Hall–Kier alpha value is -4.02. The predicted octanol–water partition coefficient (Wildman–Crippen LogP) is 5.49. The van der Waals surface area contributed by atoms with Crippen LogP contribution in [0.25, 0.3) is 33.2 Å². The number of rotatable bonds is 5. The molecule has 0 spiro atoms. The van der Waals surface area contributed by atoms with Gasteiger partial charge in [0, 0.05) is 62.8 Å². The molecule has 0 atom stereocenters. The fourth-order valence-electron chi connectivity index (χ4n) is 6.88. The predicted molar refractivity (Wildman–Crippen MR) is 166 cm³/mol. The molecule has 2 aromatic carbocycles. The molecule has 7 rings (SSSR count). The molecule has 0 radical (unpaired) electrons. The second kappa shape index (κ2) is 10.7. The van der Waals surface area contributed by atoms with Crippen molar-refractivity contribution in [3.63, 3.8) is 0 Å². The third kappa shape index (κ3) is 4.78. The normalized spacial score (nSPS) is 20.5. The van der Waals surface area contributed by atoms with Gasteiger partial charge in [-0.2, -0.15) is 0 Å². The van der Waals surface area contributed by atoms with Crippen LogP contribution in [-0.4, -0.2) is 73.2 Å². The lowest BCUT2D eigenvalue weighted by Crippen LogP contribution is -2.49. The number of hydrogen-bond donors (Lipinski definition) is 2. The highest BCUT2D eigenvalue weighted by Crippen LogP contribution is 2.39. The molecule has 3 N–H and O–H groups in total. The van der Waals surface area contributed by atoms with Gasteiger partial charge in [-0.25, -0.2) is 19.3 Å². The second-order valence-corrected chi connectivity index (χ2v) is 12.0. The minimum atomic E-state index is -0.260. The van der Waals surface area contributed by atoms with Crippen molar-refractivity contribution in [2.24, 2.45) is 7.05 Å². The number of fused-ring (bicyclic) bond motifs is 2. The summed E-state index contributed by atoms with van der Waals surface area (Å²) in [6, 6.07) is 12.3. The van der Waals surface area contributed by atoms with Crippen molar-refractivity contribution in [1.82, 2.24) is 33.9 Å². The molecule has 9 nitrogen and oxygen atoms in total. The molecule has 2 aliphatic rings. The largest absolute Gasteiger partial charge is 0.383 e. The zero-order chi connectivity index (χ0) is 29.0. The van der Waals surface area contributed by atoms with E-state index < -0.39 is 0 Å². The summed E-state index contributed by atoms with van der Waals surface area (Å²) in [5.41, 5.74) is 12.7. The molecule has 1 saturated heterocycles. The number of aryl methyl sites for hydroxylation is 2. The minimum absolute atomic E-state index is 0.260. The van der Waals surface area contributed by atoms with Gasteiger partial charge in [0.2, 0.25) is 5.95 Å². The Morgan fingerprint density at radius 2 is 1.64 bits per heavy atom. The Morgan fingerprint density at radius 1 is 0.929 bits per heavy atom. The molecular formula is C32H38FN9. The Kier molecular flexibility index (Phi) is 6.82. The summed E-state index contributed by atoms with van der Waals surface area (Å²) in [6.45, 7) is 6.54. The minimum Gasteiger partial charge on any atom is -0.383 e. The highest BCUT2D eigenvalue weighted by molar-refractivity contribution is 6.00. The summed E-state index contributed by atoms with van der Waals surface area (Å²) in [5.74, 6) is 0.904. The quantitative estimate of drug-likeness (QED) is 0.290. The number of nitrogens with zero attached hydrogens (tertiary/aromatic N) is 7. The van der Waals surface area contributed by atoms with E-state index in [-0.39, 0.29) is 5.82 Å². The standard InChI is InChI=1S/C32H38FN9/c1-20-16-22(33)17-27-29(20)38-32(40(27)3)37-23-6-4-21(5-7-23)26-18-42(31-28(26)30(34)35-19-36-31)25-10-8-24(9-11-25)41-14-12-39(2)13-15-41/h4-7,16-19,24-25H,8-15H2,1-3H3,(H,37,38)(H2,34,35,36)/t24-,25+. The van der Waals surface area contributed by atoms with Crippen LogP contribution < -0.4 is 11.1 Å². The Labute approximate surface area is 245 Å². The number of anilines is 3. The number of imidazole rings is 1. The summed E-state index contributed by atoms with van der Waals surface area (Å²) >= 11 is 0. The topological polar surface area (TPSA) is 93.1 Å². The molecule has 10 heteroatoms. The molecule has 1 saturated carbocycles. The monoisotopic (exact) mass is 567 g/mol. The molecule has 218 valence electrons. The highest BCUT2D eigenvalue weighted by Gasteiger charge is 2.30. The van der Waals surface area contributed by atoms with Crippen LogP contribution in [0.5, 0.6) is 0 Å². The van der Waals surface area contributed by atoms with Gasteiger partial charge in [-0.1, -0.05) is 12.1 Å². The van der Waals surface area contributed by atoms with Gasteiger partial charge < -0.3 is 25.1 Å². The lowest BCUT2D eigenvalue weighted by molar-refractivity contribution is 0.0828. The van der Waals surface area contributed by atoms with Gasteiger partial charge in [0.25, 0.3) is 0 Å². The van der Waals surface area contributed by atoms with E-state index in [0.717, 1.165) is 70.4 Å². The molecule has 0 amide bonds. The molecule has 1 aliphatic carbocycles. The van der Waals surface area contributed by atoms with E-state index in [1.165, 1.54) is 38.1 Å². The van der Waals surface area contributed by atoms with Crippen molar-refractivity contribution in [3.8, 4) is 11.1 Å². The van der Waals surface area contributed by atoms with Crippen molar-refractivity contribution < 1.29 is 4.39 Å². The average molecular weight is 568 g/mol. The molecule has 1 aliphatic heterocycles. The van der Waals surface area contributed by atoms with Gasteiger partial charge >= 0.3 is 0 Å². The van der Waals surface area contributed by atoms with Crippen LogP contribution in [0.2, 0.25) is 0 Å². The molecule has 0 unspecified atom stereocenters. The van der Waals surface area contributed by atoms with Crippen molar-refractivity contribution in [2.45, 2.75) is 44.7 Å². The van der Waals surface area contributed by atoms with Crippen LogP contribution in [0, 0.1) is 12.7 Å². The molecule has 42 heavy (non-hydrogen) atoms. The first-order chi connectivity index (χ1) is 20.4. The SMILES string of the molecule is Cc1cc(F)cc2c1nc(Nc1ccc(-c3cn([C@H]4CC[C@@H](N5CCN(C)CC5)CC4)c4ncnc(N)c34)cc1)n2C. The number of aromatic nitrogens is 5. The van der Waals surface area contributed by atoms with Crippen molar-refractivity contribution in [3.05, 3.63) is 60.3 Å². The summed E-state index contributed by atoms with van der Waals surface area (Å²) in [5, 5.41) is 4.30. The van der Waals surface area contributed by atoms with E-state index in [9.17, 15) is 4.39 Å². The molecule has 5 aromatic rings. The fourth-order valence-corrected chi connectivity index (χ4v) is 6.88. The summed E-state index contributed by atoms with van der Waals surface area (Å²) in [6.07, 6.45) is 8.48. The summed E-state index contributed by atoms with van der Waals surface area (Å²) in [4.78, 5) is 18.9. The van der Waals surface area contributed by atoms with Crippen LogP contribution in [0.4, 0.5) is 21.8 Å². The van der Waals surface area contributed by atoms with E-state index in [4.69, 9.17) is 15.7 Å². The van der Waals surface area contributed by atoms with Crippen LogP contribution >= 0.6 is 0 Å². The van der Waals surface area contributed by atoms with Crippen LogP contribution in [0.1, 0.15) is 37.3 Å². The molecule has 4 heterocycles. The van der Waals surface area contributed by atoms with Crippen LogP contribution in [0.3, 0.4) is 0 Å². The summed E-state index contributed by atoms with van der Waals surface area (Å²) < 4.78 is 18.2. The van der Waals surface area contributed by atoms with Crippen molar-refractivity contribution >= 4 is 39.5 Å². The first-order valence-electron chi connectivity index (χ1n) is 14.9. The van der Waals surface area contributed by atoms with Gasteiger partial charge in [-0.3, -0.25) is 4.90 Å². The van der Waals surface area contributed by atoms with Crippen molar-refractivity contribution in [2.75, 3.05) is 44.3 Å². The van der Waals surface area contributed by atoms with E-state index >= 15 is 0 Å². The molecule has 2 fully saturated rings. The zero-order valence-corrected chi connectivity index (χ0v) is 24.5. The molecule has 3 aromatic heterocycles. The average Bonchev–Trinajstić information content (AvgIpc) is 3.53. The van der Waals surface area contributed by atoms with E-state index in [1.807, 2.05) is 30.7 Å². The van der Waals surface area contributed by atoms with Gasteiger partial charge in [-0.15, -0.1) is 0 Å². The van der Waals surface area contributed by atoms with Gasteiger partial charge in [-0.05, 0) is 75.0 Å². The van der Waals surface area contributed by atoms with E-state index in [1.54, 1.807) is 6.33 Å². The third-order valence-corrected chi connectivity index (χ3v) is 9.35. The number of nitrogens with one attached hydrogen (secondary N) is 1. The number of halogens is 1. The van der Waals surface area contributed by atoms with Gasteiger partial charge in [0.05, 0.1) is 16.4 Å². The lowest BCUT2D eigenvalue weighted by atomic mass is 9.89. The van der Waals surface area contributed by atoms with Crippen LogP contribution in [-0.2, 0) is 7.05 Å². The molecule has 0 bridgehead atoms. The second-order valence-electron chi connectivity index (χ2n) is 12.0. The number of nitrogen functional groups attached to an aromatic ring is 1. The lowest BCUT2D eigenvalue weighted by Gasteiger charge is -2.41. The fraction of sp³-hybridized carbons (Fsp3) is 0.406. The third-order valence-electron chi connectivity index (χ3n) is 9.35. The maximum Gasteiger partial charge on any atom is 0.208 e. The van der Waals surface area contributed by atoms with Crippen molar-refractivity contribution in [1.29, 1.82) is 0 Å². The maximum absolute atomic E-state index is 14.0. The summed E-state index contributed by atoms with van der Waals surface area (Å²) in [7, 11) is 4.11. The smallest absolute Gasteiger partial charge is 0.208 e. The Balaban J connectivity index is 1.13. The van der Waals surface area contributed by atoms with Crippen LogP contribution in [0.15, 0.2) is 48.9 Å². The van der Waals surface area contributed by atoms with Gasteiger partial charge in [0.1, 0.15) is 23.6 Å². The first-order valence-corrected chi connectivity index (χ1v) is 14.9. The van der Waals surface area contributed by atoms with E-state index in [0.29, 0.717) is 23.8 Å². The van der Waals surface area contributed by atoms with Gasteiger partial charge in [0.15, 0.2) is 0 Å². The number of benzene rings is 2. The highest BCUT2D eigenvalue weighted by atomic mass is 19.1. The number of piperazine rings is 1. The Bertz CT molecular complexity index is 1740. The number of nitrogens with two attached hydrogens (primary N) is 1. The first kappa shape index (κ1) is 26.9. The zero-order valence-electron chi connectivity index (χ0n) is 24.5. The maximum atomic E-state index is 14.0.